The Bertz CT molecular complexity index is 52.6. The third-order valence-corrected chi connectivity index (χ3v) is 1.50. The molecule has 0 aliphatic carbocycles. The monoisotopic (exact) mass is 195 g/mol. The molecule has 0 rings (SSSR count). The number of hydrogen-bond acceptors (Lipinski definition) is 0. The zero-order chi connectivity index (χ0) is 9.28. The lowest BCUT2D eigenvalue weighted by atomic mass is 10.3. The first kappa shape index (κ1) is 18.1. The Morgan fingerprint density at radius 3 is 1.00 bits per heavy atom. The standard InChI is InChI=1S/C6H15N.C4H10.ClH/c1-4-7(5-2)6-3;1-4(2)3;/h4-6H2,1-3H3;4H,1-3H3;1H. The van der Waals surface area contributed by atoms with Crippen LogP contribution in [0.2, 0.25) is 0 Å². The first-order chi connectivity index (χ1) is 5.08. The lowest BCUT2D eigenvalue weighted by Gasteiger charge is -2.10. The van der Waals surface area contributed by atoms with E-state index in [2.05, 4.69) is 41.5 Å². The summed E-state index contributed by atoms with van der Waals surface area (Å²) in [6.07, 6.45) is 0. The van der Waals surface area contributed by atoms with E-state index in [9.17, 15) is 0 Å². The Hall–Kier alpha value is 0.250. The van der Waals surface area contributed by atoms with Crippen molar-refractivity contribution in [2.75, 3.05) is 19.6 Å². The molecule has 0 bridgehead atoms. The smallest absolute Gasteiger partial charge is 0.0742 e. The summed E-state index contributed by atoms with van der Waals surface area (Å²) in [7, 11) is 0. The summed E-state index contributed by atoms with van der Waals surface area (Å²) in [6.45, 7) is 17.0. The van der Waals surface area contributed by atoms with Gasteiger partial charge in [-0.2, -0.15) is 0 Å². The van der Waals surface area contributed by atoms with Crippen LogP contribution in [0.5, 0.6) is 0 Å². The van der Waals surface area contributed by atoms with Gasteiger partial charge in [0.15, 0.2) is 0 Å². The van der Waals surface area contributed by atoms with Crippen LogP contribution in [0.25, 0.3) is 0 Å². The first-order valence-corrected chi connectivity index (χ1v) is 4.91. The molecule has 0 saturated carbocycles. The summed E-state index contributed by atoms with van der Waals surface area (Å²) in [5, 5.41) is 0. The summed E-state index contributed by atoms with van der Waals surface area (Å²) in [6, 6.07) is 0. The van der Waals surface area contributed by atoms with Crippen molar-refractivity contribution in [1.82, 2.24) is 0 Å². The molecule has 0 saturated heterocycles. The maximum absolute atomic E-state index is 2.22. The second-order valence-electron chi connectivity index (χ2n) is 3.54. The van der Waals surface area contributed by atoms with E-state index in [1.165, 1.54) is 19.6 Å². The van der Waals surface area contributed by atoms with Gasteiger partial charge in [0, 0.05) is 0 Å². The highest BCUT2D eigenvalue weighted by atomic mass is 35.5. The van der Waals surface area contributed by atoms with Crippen molar-refractivity contribution in [3.05, 3.63) is 0 Å². The summed E-state index contributed by atoms with van der Waals surface area (Å²) >= 11 is 0. The molecule has 0 atom stereocenters. The van der Waals surface area contributed by atoms with Crippen LogP contribution in [-0.4, -0.2) is 19.6 Å². The third-order valence-electron chi connectivity index (χ3n) is 1.50. The van der Waals surface area contributed by atoms with E-state index in [0.29, 0.717) is 0 Å². The number of nitrogens with one attached hydrogen (secondary N) is 1. The maximum atomic E-state index is 2.22. The van der Waals surface area contributed by atoms with Gasteiger partial charge in [-0.25, -0.2) is 0 Å². The zero-order valence-electron chi connectivity index (χ0n) is 9.58. The molecule has 0 unspecified atom stereocenters. The van der Waals surface area contributed by atoms with E-state index < -0.39 is 0 Å². The molecule has 0 spiro atoms. The van der Waals surface area contributed by atoms with Crippen molar-refractivity contribution in [1.29, 1.82) is 0 Å². The van der Waals surface area contributed by atoms with Gasteiger partial charge in [-0.1, -0.05) is 20.8 Å². The highest BCUT2D eigenvalue weighted by Crippen LogP contribution is 1.81. The molecule has 78 valence electrons. The Morgan fingerprint density at radius 2 is 1.00 bits per heavy atom. The fourth-order valence-electron chi connectivity index (χ4n) is 0.750. The fraction of sp³-hybridized carbons (Fsp3) is 1.00. The molecular weight excluding hydrogens is 170 g/mol. The van der Waals surface area contributed by atoms with Crippen LogP contribution in [0.3, 0.4) is 0 Å². The molecule has 2 heteroatoms. The van der Waals surface area contributed by atoms with Crippen LogP contribution in [0.4, 0.5) is 0 Å². The van der Waals surface area contributed by atoms with Gasteiger partial charge in [-0.05, 0) is 26.7 Å². The van der Waals surface area contributed by atoms with Crippen LogP contribution in [0.1, 0.15) is 41.5 Å². The first-order valence-electron chi connectivity index (χ1n) is 4.91. The van der Waals surface area contributed by atoms with Gasteiger partial charge in [-0.15, -0.1) is 0 Å². The van der Waals surface area contributed by atoms with Crippen LogP contribution < -0.4 is 17.3 Å². The largest absolute Gasteiger partial charge is 1.00 e. The van der Waals surface area contributed by atoms with Gasteiger partial charge in [0.05, 0.1) is 19.6 Å². The second-order valence-corrected chi connectivity index (χ2v) is 3.54. The second kappa shape index (κ2) is 13.8. The highest BCUT2D eigenvalue weighted by molar-refractivity contribution is 4.20. The summed E-state index contributed by atoms with van der Waals surface area (Å²) < 4.78 is 0. The molecule has 0 aromatic heterocycles. The summed E-state index contributed by atoms with van der Waals surface area (Å²) in [5.41, 5.74) is 0. The molecule has 0 radical (unpaired) electrons. The fourth-order valence-corrected chi connectivity index (χ4v) is 0.750. The van der Waals surface area contributed by atoms with Gasteiger partial charge in [0.1, 0.15) is 0 Å². The van der Waals surface area contributed by atoms with Crippen molar-refractivity contribution < 1.29 is 17.3 Å². The molecule has 0 amide bonds. The number of halogens is 1. The average molecular weight is 196 g/mol. The molecule has 0 aromatic rings. The Balaban J connectivity index is -0.000000142. The third kappa shape index (κ3) is 22.5. The molecule has 0 fully saturated rings. The van der Waals surface area contributed by atoms with Crippen LogP contribution in [0.15, 0.2) is 0 Å². The van der Waals surface area contributed by atoms with Crippen LogP contribution >= 0.6 is 0 Å². The zero-order valence-corrected chi connectivity index (χ0v) is 10.3. The van der Waals surface area contributed by atoms with Crippen LogP contribution in [-0.2, 0) is 0 Å². The van der Waals surface area contributed by atoms with E-state index in [-0.39, 0.29) is 12.4 Å². The molecule has 1 N–H and O–H groups in total. The minimum Gasteiger partial charge on any atom is -1.00 e. The molecule has 0 aromatic carbocycles. The maximum Gasteiger partial charge on any atom is 0.0742 e. The van der Waals surface area contributed by atoms with E-state index in [0.717, 1.165) is 5.92 Å². The van der Waals surface area contributed by atoms with Gasteiger partial charge in [0.2, 0.25) is 0 Å². The minimum atomic E-state index is 0. The Labute approximate surface area is 84.9 Å². The van der Waals surface area contributed by atoms with Gasteiger partial charge in [-0.3, -0.25) is 0 Å². The Morgan fingerprint density at radius 1 is 0.833 bits per heavy atom. The lowest BCUT2D eigenvalue weighted by molar-refractivity contribution is -0.894. The quantitative estimate of drug-likeness (QED) is 0.565. The van der Waals surface area contributed by atoms with E-state index in [1.54, 1.807) is 4.90 Å². The minimum absolute atomic E-state index is 0. The van der Waals surface area contributed by atoms with Crippen LogP contribution in [0, 0.1) is 5.92 Å². The van der Waals surface area contributed by atoms with Crippen molar-refractivity contribution in [3.8, 4) is 0 Å². The van der Waals surface area contributed by atoms with E-state index in [4.69, 9.17) is 0 Å². The SMILES string of the molecule is CC(C)C.CC[NH+](CC)CC.[Cl-]. The summed E-state index contributed by atoms with van der Waals surface area (Å²) in [4.78, 5) is 1.68. The number of hydrogen-bond donors (Lipinski definition) is 1. The van der Waals surface area contributed by atoms with Gasteiger partial charge < -0.3 is 17.3 Å². The van der Waals surface area contributed by atoms with E-state index in [1.807, 2.05) is 0 Å². The molecule has 0 heterocycles. The predicted molar refractivity (Wildman–Crippen MR) is 53.1 cm³/mol. The van der Waals surface area contributed by atoms with E-state index >= 15 is 0 Å². The number of rotatable bonds is 3. The van der Waals surface area contributed by atoms with Crippen molar-refractivity contribution in [3.63, 3.8) is 0 Å². The highest BCUT2D eigenvalue weighted by Gasteiger charge is 1.92. The normalized spacial score (nSPS) is 9.00. The Kier molecular flexibility index (Phi) is 20.9. The summed E-state index contributed by atoms with van der Waals surface area (Å²) in [5.74, 6) is 0.833. The average Bonchev–Trinajstić information content (AvgIpc) is 1.90. The molecule has 0 aliphatic heterocycles. The van der Waals surface area contributed by atoms with Gasteiger partial charge in [0.25, 0.3) is 0 Å². The molecule has 0 aliphatic rings. The van der Waals surface area contributed by atoms with Crippen molar-refractivity contribution in [2.45, 2.75) is 41.5 Å². The predicted octanol–water partition coefficient (Wildman–Crippen LogP) is -1.40. The number of quaternary nitrogens is 1. The molecular formula is C10H26ClN. The lowest BCUT2D eigenvalue weighted by Crippen LogP contribution is -3.11. The van der Waals surface area contributed by atoms with Gasteiger partial charge >= 0.3 is 0 Å². The van der Waals surface area contributed by atoms with Crippen molar-refractivity contribution in [2.24, 2.45) is 5.92 Å². The van der Waals surface area contributed by atoms with Crippen molar-refractivity contribution >= 4 is 0 Å². The molecule has 1 nitrogen and oxygen atoms in total. The topological polar surface area (TPSA) is 4.44 Å². The molecule has 12 heavy (non-hydrogen) atoms.